The van der Waals surface area contributed by atoms with Crippen LogP contribution in [0.2, 0.25) is 0 Å². The number of rotatable bonds is 5. The van der Waals surface area contributed by atoms with Gasteiger partial charge in [-0.15, -0.1) is 0 Å². The van der Waals surface area contributed by atoms with Crippen molar-refractivity contribution < 1.29 is 0 Å². The van der Waals surface area contributed by atoms with E-state index in [2.05, 4.69) is 51.6 Å². The molecule has 0 amide bonds. The van der Waals surface area contributed by atoms with Crippen molar-refractivity contribution in [2.75, 3.05) is 0 Å². The summed E-state index contributed by atoms with van der Waals surface area (Å²) in [5.41, 5.74) is 6.28. The number of hydrazine groups is 1. The maximum atomic E-state index is 5.72. The second kappa shape index (κ2) is 6.32. The minimum Gasteiger partial charge on any atom is -0.271 e. The Morgan fingerprint density at radius 1 is 1.42 bits per heavy atom. The van der Waals surface area contributed by atoms with Gasteiger partial charge in [-0.1, -0.05) is 28.1 Å². The smallest absolute Gasteiger partial charge is 0.0669 e. The Bertz CT molecular complexity index is 550. The van der Waals surface area contributed by atoms with Crippen molar-refractivity contribution >= 4 is 15.9 Å². The third-order valence-corrected chi connectivity index (χ3v) is 3.61. The molecule has 0 aliphatic carbocycles. The number of aryl methyl sites for hydroxylation is 2. The monoisotopic (exact) mass is 322 g/mol. The first-order chi connectivity index (χ1) is 9.13. The van der Waals surface area contributed by atoms with Gasteiger partial charge in [0.15, 0.2) is 0 Å². The minimum atomic E-state index is 0.0652. The number of benzene rings is 1. The molecule has 1 atom stereocenters. The summed E-state index contributed by atoms with van der Waals surface area (Å²) in [6.45, 7) is 4.94. The lowest BCUT2D eigenvalue weighted by atomic mass is 10.0. The summed E-state index contributed by atoms with van der Waals surface area (Å²) in [5.74, 6) is 5.72. The van der Waals surface area contributed by atoms with Crippen LogP contribution >= 0.6 is 15.9 Å². The summed E-state index contributed by atoms with van der Waals surface area (Å²) in [6.07, 6.45) is 0.834. The van der Waals surface area contributed by atoms with E-state index in [-0.39, 0.29) is 6.04 Å². The number of aromatic nitrogens is 2. The molecular formula is C14H19BrN4. The van der Waals surface area contributed by atoms with E-state index in [0.717, 1.165) is 28.8 Å². The van der Waals surface area contributed by atoms with Crippen molar-refractivity contribution in [1.29, 1.82) is 0 Å². The molecule has 0 saturated carbocycles. The summed E-state index contributed by atoms with van der Waals surface area (Å²) in [4.78, 5) is 0. The molecule has 1 aromatic carbocycles. The molecule has 2 rings (SSSR count). The fourth-order valence-electron chi connectivity index (χ4n) is 2.25. The fraction of sp³-hybridized carbons (Fsp3) is 0.357. The third kappa shape index (κ3) is 3.43. The predicted octanol–water partition coefficient (Wildman–Crippen LogP) is 2.72. The van der Waals surface area contributed by atoms with Crippen molar-refractivity contribution in [3.63, 3.8) is 0 Å². The first-order valence-electron chi connectivity index (χ1n) is 6.39. The van der Waals surface area contributed by atoms with Crippen LogP contribution in [-0.4, -0.2) is 9.78 Å². The molecule has 1 unspecified atom stereocenters. The van der Waals surface area contributed by atoms with Gasteiger partial charge in [-0.3, -0.25) is 16.0 Å². The lowest BCUT2D eigenvalue weighted by Gasteiger charge is -2.17. The van der Waals surface area contributed by atoms with Gasteiger partial charge in [-0.2, -0.15) is 5.10 Å². The number of hydrogen-bond acceptors (Lipinski definition) is 3. The second-order valence-corrected chi connectivity index (χ2v) is 5.50. The van der Waals surface area contributed by atoms with Gasteiger partial charge in [-0.05, 0) is 44.0 Å². The van der Waals surface area contributed by atoms with Crippen LogP contribution in [0.5, 0.6) is 0 Å². The van der Waals surface area contributed by atoms with Gasteiger partial charge in [-0.25, -0.2) is 0 Å². The molecule has 0 saturated heterocycles. The maximum absolute atomic E-state index is 5.72. The Balaban J connectivity index is 2.24. The highest BCUT2D eigenvalue weighted by atomic mass is 79.9. The first-order valence-corrected chi connectivity index (χ1v) is 7.18. The Morgan fingerprint density at radius 2 is 2.21 bits per heavy atom. The highest BCUT2D eigenvalue weighted by Gasteiger charge is 2.16. The lowest BCUT2D eigenvalue weighted by molar-refractivity contribution is 0.490. The van der Waals surface area contributed by atoms with Crippen molar-refractivity contribution in [1.82, 2.24) is 15.2 Å². The molecule has 1 heterocycles. The highest BCUT2D eigenvalue weighted by Crippen LogP contribution is 2.21. The van der Waals surface area contributed by atoms with E-state index in [0.29, 0.717) is 0 Å². The number of halogens is 1. The van der Waals surface area contributed by atoms with Crippen LogP contribution in [0.1, 0.15) is 29.9 Å². The normalized spacial score (nSPS) is 12.6. The molecule has 0 fully saturated rings. The number of nitrogens with one attached hydrogen (secondary N) is 1. The average Bonchev–Trinajstić information content (AvgIpc) is 2.77. The summed E-state index contributed by atoms with van der Waals surface area (Å²) in [7, 11) is 0. The van der Waals surface area contributed by atoms with E-state index in [1.54, 1.807) is 0 Å². The van der Waals surface area contributed by atoms with Gasteiger partial charge in [0.25, 0.3) is 0 Å². The quantitative estimate of drug-likeness (QED) is 0.657. The third-order valence-electron chi connectivity index (χ3n) is 3.12. The molecule has 0 bridgehead atoms. The van der Waals surface area contributed by atoms with Crippen LogP contribution in [-0.2, 0) is 13.0 Å². The van der Waals surface area contributed by atoms with Crippen molar-refractivity contribution in [2.24, 2.45) is 5.84 Å². The van der Waals surface area contributed by atoms with Crippen LogP contribution in [0.15, 0.2) is 34.8 Å². The topological polar surface area (TPSA) is 55.9 Å². The Kier molecular flexibility index (Phi) is 4.74. The summed E-state index contributed by atoms with van der Waals surface area (Å²) < 4.78 is 3.08. The molecule has 0 spiro atoms. The summed E-state index contributed by atoms with van der Waals surface area (Å²) >= 11 is 3.49. The largest absolute Gasteiger partial charge is 0.271 e. The zero-order valence-electron chi connectivity index (χ0n) is 11.2. The minimum absolute atomic E-state index is 0.0652. The average molecular weight is 323 g/mol. The zero-order valence-corrected chi connectivity index (χ0v) is 12.8. The van der Waals surface area contributed by atoms with Gasteiger partial charge in [0.1, 0.15) is 0 Å². The standard InChI is InChI=1S/C14H19BrN4/c1-3-19-14(7-10(2)18-19)13(17-16)9-11-5-4-6-12(15)8-11/h4-8,13,17H,3,9,16H2,1-2H3. The molecule has 4 nitrogen and oxygen atoms in total. The molecule has 5 heteroatoms. The molecular weight excluding hydrogens is 304 g/mol. The second-order valence-electron chi connectivity index (χ2n) is 4.58. The Labute approximate surface area is 122 Å². The van der Waals surface area contributed by atoms with E-state index >= 15 is 0 Å². The van der Waals surface area contributed by atoms with Crippen LogP contribution < -0.4 is 11.3 Å². The summed E-state index contributed by atoms with van der Waals surface area (Å²) in [6, 6.07) is 10.4. The van der Waals surface area contributed by atoms with E-state index < -0.39 is 0 Å². The SMILES string of the molecule is CCn1nc(C)cc1C(Cc1cccc(Br)c1)NN. The Hall–Kier alpha value is -1.17. The first kappa shape index (κ1) is 14.2. The Morgan fingerprint density at radius 3 is 2.84 bits per heavy atom. The summed E-state index contributed by atoms with van der Waals surface area (Å²) in [5, 5.41) is 4.47. The lowest BCUT2D eigenvalue weighted by Crippen LogP contribution is -2.31. The molecule has 2 aromatic rings. The van der Waals surface area contributed by atoms with Gasteiger partial charge in [0.05, 0.1) is 17.4 Å². The van der Waals surface area contributed by atoms with E-state index in [4.69, 9.17) is 5.84 Å². The highest BCUT2D eigenvalue weighted by molar-refractivity contribution is 9.10. The van der Waals surface area contributed by atoms with E-state index in [1.165, 1.54) is 5.56 Å². The van der Waals surface area contributed by atoms with E-state index in [1.807, 2.05) is 23.7 Å². The molecule has 0 radical (unpaired) electrons. The van der Waals surface area contributed by atoms with Crippen molar-refractivity contribution in [2.45, 2.75) is 32.9 Å². The molecule has 1 aromatic heterocycles. The van der Waals surface area contributed by atoms with Crippen molar-refractivity contribution in [3.05, 3.63) is 51.8 Å². The molecule has 3 N–H and O–H groups in total. The van der Waals surface area contributed by atoms with Gasteiger partial charge in [0, 0.05) is 11.0 Å². The van der Waals surface area contributed by atoms with Gasteiger partial charge >= 0.3 is 0 Å². The van der Waals surface area contributed by atoms with Gasteiger partial charge in [0.2, 0.25) is 0 Å². The van der Waals surface area contributed by atoms with Crippen LogP contribution in [0, 0.1) is 6.92 Å². The van der Waals surface area contributed by atoms with Crippen LogP contribution in [0.25, 0.3) is 0 Å². The van der Waals surface area contributed by atoms with Gasteiger partial charge < -0.3 is 0 Å². The zero-order chi connectivity index (χ0) is 13.8. The van der Waals surface area contributed by atoms with E-state index in [9.17, 15) is 0 Å². The number of nitrogens with two attached hydrogens (primary N) is 1. The number of nitrogens with zero attached hydrogens (tertiary/aromatic N) is 2. The number of hydrogen-bond donors (Lipinski definition) is 2. The molecule has 19 heavy (non-hydrogen) atoms. The van der Waals surface area contributed by atoms with Crippen LogP contribution in [0.4, 0.5) is 0 Å². The van der Waals surface area contributed by atoms with Crippen molar-refractivity contribution in [3.8, 4) is 0 Å². The molecule has 0 aliphatic rings. The van der Waals surface area contributed by atoms with Crippen LogP contribution in [0.3, 0.4) is 0 Å². The molecule has 102 valence electrons. The fourth-order valence-corrected chi connectivity index (χ4v) is 2.69. The predicted molar refractivity (Wildman–Crippen MR) is 80.5 cm³/mol. The maximum Gasteiger partial charge on any atom is 0.0669 e. The molecule has 0 aliphatic heterocycles.